The molecule has 3 aliphatic rings. The van der Waals surface area contributed by atoms with Crippen LogP contribution in [0.5, 0.6) is 0 Å². The van der Waals surface area contributed by atoms with Gasteiger partial charge in [-0.15, -0.1) is 0 Å². The number of carbonyl (C=O) groups is 2. The molecule has 1 amide bonds. The number of carboxylic acid groups (broad SMARTS) is 1. The Labute approximate surface area is 119 Å². The number of hydrogen-bond donors (Lipinski definition) is 2. The third-order valence-corrected chi connectivity index (χ3v) is 5.12. The topological polar surface area (TPSA) is 69.6 Å². The van der Waals surface area contributed by atoms with E-state index in [-0.39, 0.29) is 12.5 Å². The van der Waals surface area contributed by atoms with Gasteiger partial charge < -0.3 is 10.4 Å². The molecule has 3 unspecified atom stereocenters. The average Bonchev–Trinajstić information content (AvgIpc) is 3.19. The fraction of sp³-hybridized carbons (Fsp3) is 0.867. The van der Waals surface area contributed by atoms with Gasteiger partial charge in [0, 0.05) is 12.6 Å². The average molecular weight is 280 g/mol. The fourth-order valence-corrected chi connectivity index (χ4v) is 3.82. The standard InChI is InChI=1S/C15H24N2O3/c18-14(16-8-10-5-6-10)9-17-12-4-2-1-3-11(12)7-13(17)15(19)20/h10-13H,1-9H2,(H,16,18)(H,19,20). The van der Waals surface area contributed by atoms with Gasteiger partial charge in [0.1, 0.15) is 6.04 Å². The zero-order valence-electron chi connectivity index (χ0n) is 11.9. The smallest absolute Gasteiger partial charge is 0.320 e. The quantitative estimate of drug-likeness (QED) is 0.794. The summed E-state index contributed by atoms with van der Waals surface area (Å²) in [6.07, 6.45) is 7.68. The number of rotatable bonds is 5. The van der Waals surface area contributed by atoms with E-state index < -0.39 is 12.0 Å². The van der Waals surface area contributed by atoms with E-state index in [2.05, 4.69) is 5.32 Å². The van der Waals surface area contributed by atoms with Crippen molar-refractivity contribution in [1.29, 1.82) is 0 Å². The van der Waals surface area contributed by atoms with Crippen molar-refractivity contribution >= 4 is 11.9 Å². The van der Waals surface area contributed by atoms with Crippen LogP contribution in [0.15, 0.2) is 0 Å². The number of amides is 1. The molecule has 0 spiro atoms. The molecule has 3 fully saturated rings. The molecular weight excluding hydrogens is 256 g/mol. The Bertz CT molecular complexity index is 395. The summed E-state index contributed by atoms with van der Waals surface area (Å²) in [7, 11) is 0. The van der Waals surface area contributed by atoms with Crippen LogP contribution >= 0.6 is 0 Å². The van der Waals surface area contributed by atoms with Gasteiger partial charge in [-0.3, -0.25) is 14.5 Å². The zero-order valence-corrected chi connectivity index (χ0v) is 11.9. The number of nitrogens with zero attached hydrogens (tertiary/aromatic N) is 1. The van der Waals surface area contributed by atoms with E-state index >= 15 is 0 Å². The van der Waals surface area contributed by atoms with Crippen LogP contribution in [0.4, 0.5) is 0 Å². The van der Waals surface area contributed by atoms with Gasteiger partial charge in [-0.2, -0.15) is 0 Å². The van der Waals surface area contributed by atoms with Gasteiger partial charge in [-0.05, 0) is 43.9 Å². The van der Waals surface area contributed by atoms with Crippen LogP contribution in [0, 0.1) is 11.8 Å². The number of hydrogen-bond acceptors (Lipinski definition) is 3. The van der Waals surface area contributed by atoms with Crippen LogP contribution < -0.4 is 5.32 Å². The molecule has 0 bridgehead atoms. The minimum Gasteiger partial charge on any atom is -0.480 e. The number of likely N-dealkylation sites (tertiary alicyclic amines) is 1. The Morgan fingerprint density at radius 1 is 1.15 bits per heavy atom. The van der Waals surface area contributed by atoms with Crippen LogP contribution in [0.3, 0.4) is 0 Å². The first-order chi connectivity index (χ1) is 9.65. The van der Waals surface area contributed by atoms with Gasteiger partial charge in [-0.1, -0.05) is 12.8 Å². The SMILES string of the molecule is O=C(CN1C(C(=O)O)CC2CCCCC21)NCC1CC1. The van der Waals surface area contributed by atoms with Crippen LogP contribution in [-0.4, -0.2) is 47.1 Å². The lowest BCUT2D eigenvalue weighted by molar-refractivity contribution is -0.143. The van der Waals surface area contributed by atoms with Crippen molar-refractivity contribution in [1.82, 2.24) is 10.2 Å². The number of aliphatic carboxylic acids is 1. The second-order valence-corrected chi connectivity index (χ2v) is 6.62. The molecule has 3 rings (SSSR count). The first-order valence-electron chi connectivity index (χ1n) is 7.90. The summed E-state index contributed by atoms with van der Waals surface area (Å²) >= 11 is 0. The molecule has 0 radical (unpaired) electrons. The van der Waals surface area contributed by atoms with Crippen LogP contribution in [0.1, 0.15) is 44.9 Å². The molecule has 5 heteroatoms. The maximum Gasteiger partial charge on any atom is 0.320 e. The summed E-state index contributed by atoms with van der Waals surface area (Å²) in [5.41, 5.74) is 0. The number of carbonyl (C=O) groups excluding carboxylic acids is 1. The third kappa shape index (κ3) is 2.97. The summed E-state index contributed by atoms with van der Waals surface area (Å²) < 4.78 is 0. The molecule has 0 aromatic carbocycles. The van der Waals surface area contributed by atoms with Gasteiger partial charge in [0.15, 0.2) is 0 Å². The monoisotopic (exact) mass is 280 g/mol. The lowest BCUT2D eigenvalue weighted by Gasteiger charge is -2.32. The second-order valence-electron chi connectivity index (χ2n) is 6.62. The van der Waals surface area contributed by atoms with E-state index in [0.29, 0.717) is 17.9 Å². The molecule has 1 heterocycles. The molecule has 0 aromatic heterocycles. The Morgan fingerprint density at radius 2 is 1.90 bits per heavy atom. The molecule has 20 heavy (non-hydrogen) atoms. The molecule has 2 saturated carbocycles. The maximum atomic E-state index is 12.0. The predicted molar refractivity (Wildman–Crippen MR) is 74.2 cm³/mol. The number of nitrogens with one attached hydrogen (secondary N) is 1. The number of carboxylic acids is 1. The van der Waals surface area contributed by atoms with Crippen LogP contribution in [0.25, 0.3) is 0 Å². The van der Waals surface area contributed by atoms with Crippen LogP contribution in [-0.2, 0) is 9.59 Å². The molecule has 5 nitrogen and oxygen atoms in total. The van der Waals surface area contributed by atoms with Crippen molar-refractivity contribution in [3.8, 4) is 0 Å². The predicted octanol–water partition coefficient (Wildman–Crippen LogP) is 1.23. The second kappa shape index (κ2) is 5.72. The van der Waals surface area contributed by atoms with Crippen molar-refractivity contribution in [2.75, 3.05) is 13.1 Å². The summed E-state index contributed by atoms with van der Waals surface area (Å²) in [6.45, 7) is 1.02. The first-order valence-corrected chi connectivity index (χ1v) is 7.90. The van der Waals surface area contributed by atoms with E-state index in [1.807, 2.05) is 4.90 Å². The molecule has 3 atom stereocenters. The van der Waals surface area contributed by atoms with Gasteiger partial charge in [0.25, 0.3) is 0 Å². The summed E-state index contributed by atoms with van der Waals surface area (Å²) in [5.74, 6) is 0.361. The molecular formula is C15H24N2O3. The minimum atomic E-state index is -0.769. The van der Waals surface area contributed by atoms with Crippen molar-refractivity contribution in [2.24, 2.45) is 11.8 Å². The maximum absolute atomic E-state index is 12.0. The van der Waals surface area contributed by atoms with Gasteiger partial charge in [0.05, 0.1) is 6.54 Å². The van der Waals surface area contributed by atoms with E-state index in [9.17, 15) is 14.7 Å². The third-order valence-electron chi connectivity index (χ3n) is 5.12. The largest absolute Gasteiger partial charge is 0.480 e. The molecule has 1 saturated heterocycles. The fourth-order valence-electron chi connectivity index (χ4n) is 3.82. The van der Waals surface area contributed by atoms with Gasteiger partial charge in [-0.25, -0.2) is 0 Å². The Morgan fingerprint density at radius 3 is 2.60 bits per heavy atom. The summed E-state index contributed by atoms with van der Waals surface area (Å²) in [6, 6.07) is -0.161. The molecule has 1 aliphatic heterocycles. The summed E-state index contributed by atoms with van der Waals surface area (Å²) in [5, 5.41) is 12.4. The van der Waals surface area contributed by atoms with Gasteiger partial charge >= 0.3 is 5.97 Å². The van der Waals surface area contributed by atoms with Crippen molar-refractivity contribution < 1.29 is 14.7 Å². The van der Waals surface area contributed by atoms with Crippen molar-refractivity contribution in [3.05, 3.63) is 0 Å². The highest BCUT2D eigenvalue weighted by Crippen LogP contribution is 2.39. The first kappa shape index (κ1) is 13.9. The van der Waals surface area contributed by atoms with E-state index in [4.69, 9.17) is 0 Å². The lowest BCUT2D eigenvalue weighted by Crippen LogP contribution is -2.47. The molecule has 2 aliphatic carbocycles. The highest BCUT2D eigenvalue weighted by Gasteiger charge is 2.45. The van der Waals surface area contributed by atoms with Gasteiger partial charge in [0.2, 0.25) is 5.91 Å². The minimum absolute atomic E-state index is 0.00521. The Hall–Kier alpha value is -1.10. The van der Waals surface area contributed by atoms with Crippen molar-refractivity contribution in [2.45, 2.75) is 57.0 Å². The molecule has 2 N–H and O–H groups in total. The highest BCUT2D eigenvalue weighted by atomic mass is 16.4. The van der Waals surface area contributed by atoms with Crippen LogP contribution in [0.2, 0.25) is 0 Å². The highest BCUT2D eigenvalue weighted by molar-refractivity contribution is 5.80. The number of fused-ring (bicyclic) bond motifs is 1. The van der Waals surface area contributed by atoms with E-state index in [0.717, 1.165) is 32.2 Å². The zero-order chi connectivity index (χ0) is 14.1. The normalized spacial score (nSPS) is 33.7. The van der Waals surface area contributed by atoms with E-state index in [1.54, 1.807) is 0 Å². The molecule has 0 aromatic rings. The Balaban J connectivity index is 1.60. The van der Waals surface area contributed by atoms with Crippen molar-refractivity contribution in [3.63, 3.8) is 0 Å². The van der Waals surface area contributed by atoms with E-state index in [1.165, 1.54) is 19.3 Å². The molecule has 112 valence electrons. The summed E-state index contributed by atoms with van der Waals surface area (Å²) in [4.78, 5) is 25.4. The lowest BCUT2D eigenvalue weighted by atomic mass is 9.85. The Kier molecular flexibility index (Phi) is 3.96.